The quantitative estimate of drug-likeness (QED) is 0.845. The molecule has 0 N–H and O–H groups in total. The zero-order valence-corrected chi connectivity index (χ0v) is 14.1. The number of hydrogen-bond donors (Lipinski definition) is 0. The Labute approximate surface area is 136 Å². The molecular weight excluding hydrogens is 294 g/mol. The molecule has 5 heteroatoms. The van der Waals surface area contributed by atoms with Crippen LogP contribution < -0.4 is 0 Å². The summed E-state index contributed by atoms with van der Waals surface area (Å²) in [6.45, 7) is 8.15. The van der Waals surface area contributed by atoms with Crippen LogP contribution in [-0.4, -0.2) is 41.4 Å². The van der Waals surface area contributed by atoms with Gasteiger partial charge in [0, 0.05) is 31.1 Å². The van der Waals surface area contributed by atoms with Gasteiger partial charge in [-0.15, -0.1) is 10.2 Å². The second kappa shape index (κ2) is 7.31. The maximum absolute atomic E-state index is 5.43. The summed E-state index contributed by atoms with van der Waals surface area (Å²) < 4.78 is 5.43. The second-order valence-electron chi connectivity index (χ2n) is 5.70. The summed E-state index contributed by atoms with van der Waals surface area (Å²) in [5.41, 5.74) is 2.52. The number of benzene rings is 1. The van der Waals surface area contributed by atoms with Crippen LogP contribution in [0.2, 0.25) is 0 Å². The molecule has 118 valence electrons. The minimum absolute atomic E-state index is 0.433. The number of rotatable bonds is 5. The van der Waals surface area contributed by atoms with Gasteiger partial charge in [-0.3, -0.25) is 4.90 Å². The molecule has 0 bridgehead atoms. The van der Waals surface area contributed by atoms with E-state index in [2.05, 4.69) is 53.2 Å². The Morgan fingerprint density at radius 2 is 1.91 bits per heavy atom. The number of morpholine rings is 1. The normalized spacial score (nSPS) is 17.5. The van der Waals surface area contributed by atoms with Gasteiger partial charge in [0.05, 0.1) is 13.2 Å². The molecule has 0 radical (unpaired) electrons. The third kappa shape index (κ3) is 3.54. The van der Waals surface area contributed by atoms with E-state index in [1.807, 2.05) is 0 Å². The van der Waals surface area contributed by atoms with Crippen LogP contribution in [0, 0.1) is 0 Å². The van der Waals surface area contributed by atoms with Crippen LogP contribution in [0.4, 0.5) is 0 Å². The molecule has 2 heterocycles. The fraction of sp³-hybridized carbons (Fsp3) is 0.529. The van der Waals surface area contributed by atoms with E-state index in [4.69, 9.17) is 4.74 Å². The highest BCUT2D eigenvalue weighted by atomic mass is 32.1. The molecule has 3 rings (SSSR count). The van der Waals surface area contributed by atoms with Crippen molar-refractivity contribution in [2.75, 3.05) is 26.3 Å². The van der Waals surface area contributed by atoms with Crippen LogP contribution in [0.3, 0.4) is 0 Å². The average molecular weight is 317 g/mol. The molecule has 0 spiro atoms. The lowest BCUT2D eigenvalue weighted by molar-refractivity contribution is 0.0198. The number of nitrogens with zero attached hydrogens (tertiary/aromatic N) is 3. The van der Waals surface area contributed by atoms with Crippen molar-refractivity contribution in [3.63, 3.8) is 0 Å². The zero-order valence-electron chi connectivity index (χ0n) is 13.3. The highest BCUT2D eigenvalue weighted by Gasteiger charge is 2.18. The van der Waals surface area contributed by atoms with Gasteiger partial charge < -0.3 is 4.74 Å². The summed E-state index contributed by atoms with van der Waals surface area (Å²) in [7, 11) is 0. The van der Waals surface area contributed by atoms with Crippen LogP contribution in [-0.2, 0) is 11.2 Å². The van der Waals surface area contributed by atoms with Gasteiger partial charge >= 0.3 is 0 Å². The lowest BCUT2D eigenvalue weighted by atomic mass is 10.0. The molecule has 0 amide bonds. The van der Waals surface area contributed by atoms with E-state index in [0.29, 0.717) is 6.04 Å². The van der Waals surface area contributed by atoms with E-state index >= 15 is 0 Å². The molecule has 1 atom stereocenters. The van der Waals surface area contributed by atoms with Crippen LogP contribution >= 0.6 is 11.3 Å². The number of ether oxygens (including phenoxy) is 1. The lowest BCUT2D eigenvalue weighted by Crippen LogP contribution is -2.37. The van der Waals surface area contributed by atoms with E-state index in [1.165, 1.54) is 5.56 Å². The van der Waals surface area contributed by atoms with E-state index in [0.717, 1.165) is 54.7 Å². The predicted molar refractivity (Wildman–Crippen MR) is 90.1 cm³/mol. The van der Waals surface area contributed by atoms with Gasteiger partial charge in [0.25, 0.3) is 0 Å². The van der Waals surface area contributed by atoms with E-state index in [-0.39, 0.29) is 0 Å². The minimum Gasteiger partial charge on any atom is -0.379 e. The SMILES string of the molecule is CCCc1nnc(-c2ccc([C@@H](C)N3CCOCC3)cc2)s1. The maximum Gasteiger partial charge on any atom is 0.147 e. The molecule has 0 saturated carbocycles. The van der Waals surface area contributed by atoms with Gasteiger partial charge in [-0.25, -0.2) is 0 Å². The van der Waals surface area contributed by atoms with Crippen molar-refractivity contribution < 1.29 is 4.74 Å². The summed E-state index contributed by atoms with van der Waals surface area (Å²) in [6, 6.07) is 9.21. The molecule has 1 aliphatic heterocycles. The Balaban J connectivity index is 1.71. The molecule has 1 aliphatic rings. The van der Waals surface area contributed by atoms with Crippen molar-refractivity contribution in [3.8, 4) is 10.6 Å². The van der Waals surface area contributed by atoms with Crippen LogP contribution in [0.25, 0.3) is 10.6 Å². The molecule has 0 aliphatic carbocycles. The third-order valence-corrected chi connectivity index (χ3v) is 5.20. The van der Waals surface area contributed by atoms with E-state index in [1.54, 1.807) is 11.3 Å². The fourth-order valence-corrected chi connectivity index (χ4v) is 3.71. The molecule has 0 unspecified atom stereocenters. The lowest BCUT2D eigenvalue weighted by Gasteiger charge is -2.32. The molecule has 22 heavy (non-hydrogen) atoms. The molecule has 4 nitrogen and oxygen atoms in total. The van der Waals surface area contributed by atoms with Crippen molar-refractivity contribution >= 4 is 11.3 Å². The average Bonchev–Trinajstić information content (AvgIpc) is 3.04. The zero-order chi connectivity index (χ0) is 15.4. The Bertz CT molecular complexity index is 590. The second-order valence-corrected chi connectivity index (χ2v) is 6.76. The van der Waals surface area contributed by atoms with Crippen molar-refractivity contribution in [2.24, 2.45) is 0 Å². The molecule has 1 saturated heterocycles. The van der Waals surface area contributed by atoms with Gasteiger partial charge in [0.1, 0.15) is 10.0 Å². The first kappa shape index (κ1) is 15.6. The molecule has 1 fully saturated rings. The highest BCUT2D eigenvalue weighted by Crippen LogP contribution is 2.27. The molecular formula is C17H23N3OS. The van der Waals surface area contributed by atoms with Crippen molar-refractivity contribution in [3.05, 3.63) is 34.8 Å². The minimum atomic E-state index is 0.433. The van der Waals surface area contributed by atoms with Crippen molar-refractivity contribution in [1.29, 1.82) is 0 Å². The Kier molecular flexibility index (Phi) is 5.18. The van der Waals surface area contributed by atoms with E-state index < -0.39 is 0 Å². The summed E-state index contributed by atoms with van der Waals surface area (Å²) in [4.78, 5) is 2.48. The number of aromatic nitrogens is 2. The summed E-state index contributed by atoms with van der Waals surface area (Å²) in [6.07, 6.45) is 2.13. The monoisotopic (exact) mass is 317 g/mol. The van der Waals surface area contributed by atoms with Crippen molar-refractivity contribution in [1.82, 2.24) is 15.1 Å². The fourth-order valence-electron chi connectivity index (χ4n) is 2.76. The first-order chi connectivity index (χ1) is 10.8. The topological polar surface area (TPSA) is 38.2 Å². The van der Waals surface area contributed by atoms with Gasteiger partial charge in [-0.2, -0.15) is 0 Å². The Morgan fingerprint density at radius 1 is 1.18 bits per heavy atom. The number of aryl methyl sites for hydroxylation is 1. The van der Waals surface area contributed by atoms with Gasteiger partial charge in [0.15, 0.2) is 0 Å². The largest absolute Gasteiger partial charge is 0.379 e. The van der Waals surface area contributed by atoms with Gasteiger partial charge in [0.2, 0.25) is 0 Å². The maximum atomic E-state index is 5.43. The van der Waals surface area contributed by atoms with Crippen molar-refractivity contribution in [2.45, 2.75) is 32.7 Å². The molecule has 1 aromatic heterocycles. The predicted octanol–water partition coefficient (Wildman–Crippen LogP) is 3.55. The van der Waals surface area contributed by atoms with Gasteiger partial charge in [-0.1, -0.05) is 42.5 Å². The molecule has 2 aromatic rings. The van der Waals surface area contributed by atoms with Crippen LogP contribution in [0.5, 0.6) is 0 Å². The summed E-state index contributed by atoms with van der Waals surface area (Å²) in [5.74, 6) is 0. The Morgan fingerprint density at radius 3 is 2.59 bits per heavy atom. The smallest absolute Gasteiger partial charge is 0.147 e. The summed E-state index contributed by atoms with van der Waals surface area (Å²) >= 11 is 1.70. The van der Waals surface area contributed by atoms with Gasteiger partial charge in [-0.05, 0) is 18.9 Å². The third-order valence-electron chi connectivity index (χ3n) is 4.16. The standard InChI is InChI=1S/C17H23N3OS/c1-3-4-16-18-19-17(22-16)15-7-5-14(6-8-15)13(2)20-9-11-21-12-10-20/h5-8,13H,3-4,9-12H2,1-2H3/t13-/m1/s1. The first-order valence-electron chi connectivity index (χ1n) is 8.02. The van der Waals surface area contributed by atoms with Crippen LogP contribution in [0.15, 0.2) is 24.3 Å². The molecule has 1 aromatic carbocycles. The highest BCUT2D eigenvalue weighted by molar-refractivity contribution is 7.14. The first-order valence-corrected chi connectivity index (χ1v) is 8.84. The summed E-state index contributed by atoms with van der Waals surface area (Å²) in [5, 5.41) is 10.7. The number of hydrogen-bond acceptors (Lipinski definition) is 5. The Hall–Kier alpha value is -1.30. The van der Waals surface area contributed by atoms with Crippen LogP contribution in [0.1, 0.15) is 36.9 Å². The van der Waals surface area contributed by atoms with E-state index in [9.17, 15) is 0 Å².